The molecule has 0 heterocycles. The molecule has 2 aromatic rings. The van der Waals surface area contributed by atoms with Crippen LogP contribution in [0.5, 0.6) is 0 Å². The SMILES string of the molecule is CCNC(CCC(C)C)c1ccc(Br)c2ccccc12. The average molecular weight is 334 g/mol. The number of hydrogen-bond donors (Lipinski definition) is 1. The van der Waals surface area contributed by atoms with Crippen LogP contribution in [-0.4, -0.2) is 6.54 Å². The molecule has 1 atom stereocenters. The maximum Gasteiger partial charge on any atom is 0.0326 e. The molecular weight excluding hydrogens is 310 g/mol. The van der Waals surface area contributed by atoms with Gasteiger partial charge in [0.15, 0.2) is 0 Å². The molecule has 2 heteroatoms. The fourth-order valence-electron chi connectivity index (χ4n) is 2.70. The minimum atomic E-state index is 0.445. The van der Waals surface area contributed by atoms with Crippen LogP contribution in [0.25, 0.3) is 10.8 Å². The van der Waals surface area contributed by atoms with Gasteiger partial charge in [0, 0.05) is 10.5 Å². The van der Waals surface area contributed by atoms with E-state index in [1.807, 2.05) is 0 Å². The van der Waals surface area contributed by atoms with Crippen molar-refractivity contribution in [1.82, 2.24) is 5.32 Å². The van der Waals surface area contributed by atoms with Crippen molar-refractivity contribution in [2.24, 2.45) is 5.92 Å². The van der Waals surface area contributed by atoms with E-state index in [9.17, 15) is 0 Å². The fraction of sp³-hybridized carbons (Fsp3) is 0.444. The van der Waals surface area contributed by atoms with Crippen molar-refractivity contribution in [3.8, 4) is 0 Å². The summed E-state index contributed by atoms with van der Waals surface area (Å²) in [6.45, 7) is 7.78. The molecule has 1 N–H and O–H groups in total. The third-order valence-corrected chi connectivity index (χ3v) is 4.45. The van der Waals surface area contributed by atoms with Crippen LogP contribution >= 0.6 is 15.9 Å². The van der Waals surface area contributed by atoms with E-state index >= 15 is 0 Å². The molecule has 0 spiro atoms. The fourth-order valence-corrected chi connectivity index (χ4v) is 3.18. The first kappa shape index (κ1) is 15.5. The largest absolute Gasteiger partial charge is 0.310 e. The van der Waals surface area contributed by atoms with Crippen LogP contribution in [0.1, 0.15) is 45.2 Å². The molecule has 108 valence electrons. The molecule has 0 bridgehead atoms. The highest BCUT2D eigenvalue weighted by molar-refractivity contribution is 9.10. The lowest BCUT2D eigenvalue weighted by atomic mass is 9.93. The van der Waals surface area contributed by atoms with Crippen LogP contribution in [0.15, 0.2) is 40.9 Å². The molecule has 1 nitrogen and oxygen atoms in total. The Morgan fingerprint density at radius 1 is 1.00 bits per heavy atom. The zero-order chi connectivity index (χ0) is 14.5. The number of benzene rings is 2. The summed E-state index contributed by atoms with van der Waals surface area (Å²) in [4.78, 5) is 0. The third-order valence-electron chi connectivity index (χ3n) is 3.76. The molecule has 0 radical (unpaired) electrons. The van der Waals surface area contributed by atoms with Gasteiger partial charge in [0.1, 0.15) is 0 Å². The predicted octanol–water partition coefficient (Wildman–Crippen LogP) is 5.69. The van der Waals surface area contributed by atoms with Crippen LogP contribution in [-0.2, 0) is 0 Å². The smallest absolute Gasteiger partial charge is 0.0326 e. The van der Waals surface area contributed by atoms with E-state index in [-0.39, 0.29) is 0 Å². The third kappa shape index (κ3) is 3.62. The number of nitrogens with one attached hydrogen (secondary N) is 1. The van der Waals surface area contributed by atoms with Crippen molar-refractivity contribution < 1.29 is 0 Å². The first-order chi connectivity index (χ1) is 9.63. The van der Waals surface area contributed by atoms with Crippen LogP contribution < -0.4 is 5.32 Å². The normalized spacial score (nSPS) is 13.1. The summed E-state index contributed by atoms with van der Waals surface area (Å²) in [6.07, 6.45) is 2.44. The predicted molar refractivity (Wildman–Crippen MR) is 92.1 cm³/mol. The zero-order valence-electron chi connectivity index (χ0n) is 12.6. The van der Waals surface area contributed by atoms with E-state index < -0.39 is 0 Å². The molecule has 0 fully saturated rings. The molecule has 0 amide bonds. The second kappa shape index (κ2) is 7.24. The van der Waals surface area contributed by atoms with Crippen molar-refractivity contribution in [2.45, 2.75) is 39.7 Å². The molecule has 1 unspecified atom stereocenters. The van der Waals surface area contributed by atoms with E-state index in [0.29, 0.717) is 6.04 Å². The molecular formula is C18H24BrN. The van der Waals surface area contributed by atoms with Gasteiger partial charge in [-0.3, -0.25) is 0 Å². The summed E-state index contributed by atoms with van der Waals surface area (Å²) >= 11 is 3.66. The van der Waals surface area contributed by atoms with E-state index in [4.69, 9.17) is 0 Å². The van der Waals surface area contributed by atoms with Gasteiger partial charge >= 0.3 is 0 Å². The van der Waals surface area contributed by atoms with Gasteiger partial charge < -0.3 is 5.32 Å². The molecule has 0 saturated heterocycles. The van der Waals surface area contributed by atoms with Crippen molar-refractivity contribution in [3.05, 3.63) is 46.4 Å². The first-order valence-corrected chi connectivity index (χ1v) is 8.33. The van der Waals surface area contributed by atoms with Gasteiger partial charge in [-0.1, -0.05) is 67.0 Å². The Hall–Kier alpha value is -0.860. The molecule has 0 saturated carbocycles. The molecule has 2 aromatic carbocycles. The number of hydrogen-bond acceptors (Lipinski definition) is 1. The summed E-state index contributed by atoms with van der Waals surface area (Å²) < 4.78 is 1.18. The average Bonchev–Trinajstić information content (AvgIpc) is 2.44. The summed E-state index contributed by atoms with van der Waals surface area (Å²) in [6, 6.07) is 13.5. The van der Waals surface area contributed by atoms with Gasteiger partial charge in [0.05, 0.1) is 0 Å². The van der Waals surface area contributed by atoms with E-state index in [2.05, 4.69) is 78.4 Å². The van der Waals surface area contributed by atoms with Crippen LogP contribution in [0.2, 0.25) is 0 Å². The lowest BCUT2D eigenvalue weighted by molar-refractivity contribution is 0.450. The Morgan fingerprint density at radius 3 is 2.35 bits per heavy atom. The van der Waals surface area contributed by atoms with Gasteiger partial charge in [0.2, 0.25) is 0 Å². The van der Waals surface area contributed by atoms with Gasteiger partial charge in [-0.05, 0) is 47.7 Å². The van der Waals surface area contributed by atoms with Crippen molar-refractivity contribution in [2.75, 3.05) is 6.54 Å². The summed E-state index contributed by atoms with van der Waals surface area (Å²) in [5.74, 6) is 0.748. The minimum absolute atomic E-state index is 0.445. The highest BCUT2D eigenvalue weighted by atomic mass is 79.9. The lowest BCUT2D eigenvalue weighted by Crippen LogP contribution is -2.21. The molecule has 20 heavy (non-hydrogen) atoms. The van der Waals surface area contributed by atoms with Crippen molar-refractivity contribution in [1.29, 1.82) is 0 Å². The van der Waals surface area contributed by atoms with Gasteiger partial charge in [-0.2, -0.15) is 0 Å². The second-order valence-corrected chi connectivity index (χ2v) is 6.62. The molecule has 0 aliphatic carbocycles. The molecule has 0 aliphatic rings. The minimum Gasteiger partial charge on any atom is -0.310 e. The van der Waals surface area contributed by atoms with Gasteiger partial charge in [-0.25, -0.2) is 0 Å². The molecule has 2 rings (SSSR count). The number of halogens is 1. The molecule has 0 aromatic heterocycles. The van der Waals surface area contributed by atoms with Crippen LogP contribution in [0, 0.1) is 5.92 Å². The quantitative estimate of drug-likeness (QED) is 0.716. The monoisotopic (exact) mass is 333 g/mol. The summed E-state index contributed by atoms with van der Waals surface area (Å²) in [7, 11) is 0. The molecule has 0 aliphatic heterocycles. The maximum absolute atomic E-state index is 3.66. The Kier molecular flexibility index (Phi) is 5.62. The first-order valence-electron chi connectivity index (χ1n) is 7.54. The highest BCUT2D eigenvalue weighted by Crippen LogP contribution is 2.32. The lowest BCUT2D eigenvalue weighted by Gasteiger charge is -2.21. The summed E-state index contributed by atoms with van der Waals surface area (Å²) in [5, 5.41) is 6.31. The Labute approximate surface area is 130 Å². The summed E-state index contributed by atoms with van der Waals surface area (Å²) in [5.41, 5.74) is 1.42. The van der Waals surface area contributed by atoms with Crippen molar-refractivity contribution >= 4 is 26.7 Å². The standard InChI is InChI=1S/C18H24BrN/c1-4-20-18(12-9-13(2)3)16-10-11-17(19)15-8-6-5-7-14(15)16/h5-8,10-11,13,18,20H,4,9,12H2,1-3H3. The Morgan fingerprint density at radius 2 is 1.70 bits per heavy atom. The van der Waals surface area contributed by atoms with Crippen LogP contribution in [0.4, 0.5) is 0 Å². The Bertz CT molecular complexity index is 562. The van der Waals surface area contributed by atoms with Gasteiger partial charge in [-0.15, -0.1) is 0 Å². The van der Waals surface area contributed by atoms with E-state index in [0.717, 1.165) is 12.5 Å². The van der Waals surface area contributed by atoms with Crippen LogP contribution in [0.3, 0.4) is 0 Å². The second-order valence-electron chi connectivity index (χ2n) is 5.76. The zero-order valence-corrected chi connectivity index (χ0v) is 14.2. The van der Waals surface area contributed by atoms with E-state index in [1.165, 1.54) is 33.7 Å². The Balaban J connectivity index is 2.40. The van der Waals surface area contributed by atoms with E-state index in [1.54, 1.807) is 0 Å². The maximum atomic E-state index is 3.66. The van der Waals surface area contributed by atoms with Gasteiger partial charge in [0.25, 0.3) is 0 Å². The highest BCUT2D eigenvalue weighted by Gasteiger charge is 2.14. The number of fused-ring (bicyclic) bond motifs is 1. The number of rotatable bonds is 6. The van der Waals surface area contributed by atoms with Crippen molar-refractivity contribution in [3.63, 3.8) is 0 Å². The topological polar surface area (TPSA) is 12.0 Å².